The Labute approximate surface area is 122 Å². The first-order valence-corrected chi connectivity index (χ1v) is 6.98. The SMILES string of the molecule is CCOc1cccc2c1nc(C(C)Cl)n2C(C)C(N)=O. The Hall–Kier alpha value is -1.75. The summed E-state index contributed by atoms with van der Waals surface area (Å²) in [6.07, 6.45) is 0. The Bertz CT molecular complexity index is 637. The highest BCUT2D eigenvalue weighted by Gasteiger charge is 2.23. The summed E-state index contributed by atoms with van der Waals surface area (Å²) in [6.45, 7) is 6.00. The van der Waals surface area contributed by atoms with Gasteiger partial charge in [-0.1, -0.05) is 6.07 Å². The Morgan fingerprint density at radius 1 is 1.50 bits per heavy atom. The summed E-state index contributed by atoms with van der Waals surface area (Å²) < 4.78 is 7.35. The second kappa shape index (κ2) is 5.71. The Kier molecular flexibility index (Phi) is 4.18. The van der Waals surface area contributed by atoms with Crippen molar-refractivity contribution in [2.45, 2.75) is 32.2 Å². The maximum Gasteiger partial charge on any atom is 0.240 e. The van der Waals surface area contributed by atoms with E-state index in [1.807, 2.05) is 32.0 Å². The number of aromatic nitrogens is 2. The molecular weight excluding hydrogens is 278 g/mol. The maximum absolute atomic E-state index is 11.5. The monoisotopic (exact) mass is 295 g/mol. The number of para-hydroxylation sites is 1. The van der Waals surface area contributed by atoms with Gasteiger partial charge in [-0.05, 0) is 32.9 Å². The normalized spacial score (nSPS) is 14.2. The molecule has 1 heterocycles. The van der Waals surface area contributed by atoms with Crippen molar-refractivity contribution in [1.82, 2.24) is 9.55 Å². The summed E-state index contributed by atoms with van der Waals surface area (Å²) in [5.74, 6) is 0.865. The van der Waals surface area contributed by atoms with E-state index in [0.29, 0.717) is 23.7 Å². The molecule has 0 saturated heterocycles. The molecular formula is C14H18ClN3O2. The summed E-state index contributed by atoms with van der Waals surface area (Å²) >= 11 is 6.18. The van der Waals surface area contributed by atoms with Crippen LogP contribution in [0.5, 0.6) is 5.75 Å². The number of hydrogen-bond acceptors (Lipinski definition) is 3. The van der Waals surface area contributed by atoms with E-state index in [1.54, 1.807) is 11.5 Å². The van der Waals surface area contributed by atoms with Gasteiger partial charge in [-0.2, -0.15) is 0 Å². The summed E-state index contributed by atoms with van der Waals surface area (Å²) in [5, 5.41) is -0.335. The molecule has 1 aromatic heterocycles. The molecule has 0 spiro atoms. The van der Waals surface area contributed by atoms with Crippen molar-refractivity contribution in [2.24, 2.45) is 5.73 Å². The largest absolute Gasteiger partial charge is 0.492 e. The fraction of sp³-hybridized carbons (Fsp3) is 0.429. The minimum absolute atomic E-state index is 0.335. The van der Waals surface area contributed by atoms with E-state index in [0.717, 1.165) is 5.52 Å². The molecule has 1 amide bonds. The van der Waals surface area contributed by atoms with Crippen LogP contribution in [0.1, 0.15) is 38.0 Å². The third-order valence-corrected chi connectivity index (χ3v) is 3.36. The highest BCUT2D eigenvalue weighted by Crippen LogP contribution is 2.32. The van der Waals surface area contributed by atoms with E-state index in [-0.39, 0.29) is 5.38 Å². The maximum atomic E-state index is 11.5. The summed E-state index contributed by atoms with van der Waals surface area (Å²) in [6, 6.07) is 5.07. The van der Waals surface area contributed by atoms with Crippen molar-refractivity contribution in [3.8, 4) is 5.75 Å². The molecule has 108 valence electrons. The van der Waals surface area contributed by atoms with E-state index in [1.165, 1.54) is 0 Å². The van der Waals surface area contributed by atoms with Crippen LogP contribution < -0.4 is 10.5 Å². The van der Waals surface area contributed by atoms with Crippen LogP contribution in [0.3, 0.4) is 0 Å². The van der Waals surface area contributed by atoms with E-state index < -0.39 is 11.9 Å². The van der Waals surface area contributed by atoms with Crippen molar-refractivity contribution in [3.05, 3.63) is 24.0 Å². The van der Waals surface area contributed by atoms with Crippen LogP contribution in [-0.2, 0) is 4.79 Å². The van der Waals surface area contributed by atoms with Gasteiger partial charge in [0.05, 0.1) is 17.5 Å². The van der Waals surface area contributed by atoms with Gasteiger partial charge >= 0.3 is 0 Å². The molecule has 1 aromatic carbocycles. The van der Waals surface area contributed by atoms with Gasteiger partial charge in [0.25, 0.3) is 0 Å². The molecule has 2 aromatic rings. The van der Waals surface area contributed by atoms with Crippen molar-refractivity contribution in [2.75, 3.05) is 6.61 Å². The van der Waals surface area contributed by atoms with Crippen LogP contribution in [0, 0.1) is 0 Å². The molecule has 2 atom stereocenters. The number of imidazole rings is 1. The molecule has 0 aliphatic carbocycles. The molecule has 0 aliphatic heterocycles. The number of hydrogen-bond donors (Lipinski definition) is 1. The van der Waals surface area contributed by atoms with Crippen LogP contribution in [0.4, 0.5) is 0 Å². The van der Waals surface area contributed by atoms with Crippen LogP contribution in [0.15, 0.2) is 18.2 Å². The minimum atomic E-state index is -0.520. The van der Waals surface area contributed by atoms with Crippen molar-refractivity contribution < 1.29 is 9.53 Å². The van der Waals surface area contributed by atoms with Crippen molar-refractivity contribution in [1.29, 1.82) is 0 Å². The number of nitrogens with two attached hydrogens (primary N) is 1. The van der Waals surface area contributed by atoms with Crippen LogP contribution in [0.25, 0.3) is 11.0 Å². The van der Waals surface area contributed by atoms with Gasteiger partial charge in [0.1, 0.15) is 23.1 Å². The molecule has 0 radical (unpaired) electrons. The number of alkyl halides is 1. The number of carbonyl (C=O) groups excluding carboxylic acids is 1. The number of fused-ring (bicyclic) bond motifs is 1. The van der Waals surface area contributed by atoms with E-state index >= 15 is 0 Å². The Morgan fingerprint density at radius 3 is 2.75 bits per heavy atom. The second-order valence-electron chi connectivity index (χ2n) is 4.59. The zero-order valence-electron chi connectivity index (χ0n) is 11.8. The zero-order chi connectivity index (χ0) is 14.9. The number of rotatable bonds is 5. The number of halogens is 1. The van der Waals surface area contributed by atoms with Crippen molar-refractivity contribution >= 4 is 28.5 Å². The average Bonchev–Trinajstić information content (AvgIpc) is 2.78. The Morgan fingerprint density at radius 2 is 2.20 bits per heavy atom. The average molecular weight is 296 g/mol. The summed E-state index contributed by atoms with van der Waals surface area (Å²) in [5.41, 5.74) is 6.92. The smallest absolute Gasteiger partial charge is 0.240 e. The Balaban J connectivity index is 2.73. The molecule has 2 unspecified atom stereocenters. The molecule has 0 aliphatic rings. The molecule has 2 rings (SSSR count). The quantitative estimate of drug-likeness (QED) is 0.862. The van der Waals surface area contributed by atoms with Crippen LogP contribution in [0.2, 0.25) is 0 Å². The van der Waals surface area contributed by atoms with Crippen LogP contribution in [-0.4, -0.2) is 22.1 Å². The molecule has 0 bridgehead atoms. The number of nitrogens with zero attached hydrogens (tertiary/aromatic N) is 2. The number of ether oxygens (including phenoxy) is 1. The van der Waals surface area contributed by atoms with E-state index in [9.17, 15) is 4.79 Å². The summed E-state index contributed by atoms with van der Waals surface area (Å²) in [7, 11) is 0. The third-order valence-electron chi connectivity index (χ3n) is 3.17. The van der Waals surface area contributed by atoms with Crippen LogP contribution >= 0.6 is 11.6 Å². The van der Waals surface area contributed by atoms with Gasteiger partial charge in [-0.25, -0.2) is 4.98 Å². The first-order valence-electron chi connectivity index (χ1n) is 6.54. The van der Waals surface area contributed by atoms with Gasteiger partial charge in [0.2, 0.25) is 5.91 Å². The lowest BCUT2D eigenvalue weighted by molar-refractivity contribution is -0.120. The topological polar surface area (TPSA) is 70.1 Å². The van der Waals surface area contributed by atoms with E-state index in [4.69, 9.17) is 22.1 Å². The standard InChI is InChI=1S/C14H18ClN3O2/c1-4-20-11-7-5-6-10-12(11)17-14(8(2)15)18(10)9(3)13(16)19/h5-9H,4H2,1-3H3,(H2,16,19). The lowest BCUT2D eigenvalue weighted by Gasteiger charge is -2.15. The molecule has 6 heteroatoms. The van der Waals surface area contributed by atoms with Crippen molar-refractivity contribution in [3.63, 3.8) is 0 Å². The first kappa shape index (κ1) is 14.7. The number of primary amides is 1. The number of benzene rings is 1. The highest BCUT2D eigenvalue weighted by molar-refractivity contribution is 6.20. The minimum Gasteiger partial charge on any atom is -0.492 e. The predicted molar refractivity (Wildman–Crippen MR) is 79.1 cm³/mol. The zero-order valence-corrected chi connectivity index (χ0v) is 12.5. The van der Waals surface area contributed by atoms with Gasteiger partial charge in [0.15, 0.2) is 0 Å². The predicted octanol–water partition coefficient (Wildman–Crippen LogP) is 2.78. The lowest BCUT2D eigenvalue weighted by atomic mass is 10.2. The lowest BCUT2D eigenvalue weighted by Crippen LogP contribution is -2.25. The summed E-state index contributed by atoms with van der Waals surface area (Å²) in [4.78, 5) is 16.1. The van der Waals surface area contributed by atoms with Gasteiger partial charge in [0, 0.05) is 0 Å². The third kappa shape index (κ3) is 2.45. The second-order valence-corrected chi connectivity index (χ2v) is 5.25. The van der Waals surface area contributed by atoms with E-state index in [2.05, 4.69) is 4.98 Å². The number of amides is 1. The molecule has 0 saturated carbocycles. The number of carbonyl (C=O) groups is 1. The molecule has 0 fully saturated rings. The highest BCUT2D eigenvalue weighted by atomic mass is 35.5. The van der Waals surface area contributed by atoms with Gasteiger partial charge in [-0.15, -0.1) is 11.6 Å². The molecule has 2 N–H and O–H groups in total. The fourth-order valence-electron chi connectivity index (χ4n) is 2.20. The fourth-order valence-corrected chi connectivity index (χ4v) is 2.35. The molecule has 5 nitrogen and oxygen atoms in total. The van der Waals surface area contributed by atoms with Gasteiger partial charge in [-0.3, -0.25) is 4.79 Å². The molecule has 20 heavy (non-hydrogen) atoms. The van der Waals surface area contributed by atoms with Gasteiger partial charge < -0.3 is 15.0 Å². The first-order chi connectivity index (χ1) is 9.47.